The summed E-state index contributed by atoms with van der Waals surface area (Å²) in [7, 11) is 0. The Morgan fingerprint density at radius 1 is 1.29 bits per heavy atom. The lowest BCUT2D eigenvalue weighted by Gasteiger charge is -2.46. The van der Waals surface area contributed by atoms with Gasteiger partial charge in [0.25, 0.3) is 0 Å². The quantitative estimate of drug-likeness (QED) is 0.816. The van der Waals surface area contributed by atoms with Crippen LogP contribution >= 0.6 is 11.8 Å². The van der Waals surface area contributed by atoms with Gasteiger partial charge >= 0.3 is 0 Å². The lowest BCUT2D eigenvalue weighted by atomic mass is 9.87. The molecule has 24 heavy (non-hydrogen) atoms. The summed E-state index contributed by atoms with van der Waals surface area (Å²) in [6.45, 7) is 8.62. The molecule has 0 saturated carbocycles. The lowest BCUT2D eigenvalue weighted by Crippen LogP contribution is -2.70. The molecule has 2 heterocycles. The molecule has 130 valence electrons. The Bertz CT molecular complexity index is 647. The zero-order chi connectivity index (χ0) is 17.6. The average molecular weight is 347 g/mol. The number of amides is 2. The molecule has 0 aliphatic carbocycles. The molecule has 6 heteroatoms. The Labute approximate surface area is 147 Å². The molecule has 2 saturated heterocycles. The fourth-order valence-electron chi connectivity index (χ4n) is 3.93. The van der Waals surface area contributed by atoms with E-state index in [0.29, 0.717) is 5.92 Å². The smallest absolute Gasteiger partial charge is 0.249 e. The minimum atomic E-state index is -0.756. The summed E-state index contributed by atoms with van der Waals surface area (Å²) in [6, 6.07) is 8.18. The third-order valence-electron chi connectivity index (χ3n) is 4.89. The number of nitrogens with zero attached hydrogens (tertiary/aromatic N) is 1. The van der Waals surface area contributed by atoms with Gasteiger partial charge in [-0.25, -0.2) is 0 Å². The predicted octanol–water partition coefficient (Wildman–Crippen LogP) is 1.89. The number of hydrogen-bond donors (Lipinski definition) is 2. The highest BCUT2D eigenvalue weighted by Gasteiger charge is 2.62. The van der Waals surface area contributed by atoms with Gasteiger partial charge in [-0.05, 0) is 25.3 Å². The van der Waals surface area contributed by atoms with E-state index in [1.54, 1.807) is 11.8 Å². The summed E-state index contributed by atoms with van der Waals surface area (Å²) in [4.78, 5) is 27.0. The van der Waals surface area contributed by atoms with Crippen LogP contribution in [0.2, 0.25) is 0 Å². The molecule has 2 amide bonds. The number of benzene rings is 1. The number of rotatable bonds is 4. The molecule has 2 aliphatic heterocycles. The van der Waals surface area contributed by atoms with Crippen LogP contribution in [0.3, 0.4) is 0 Å². The highest BCUT2D eigenvalue weighted by atomic mass is 32.2. The Balaban J connectivity index is 1.70. The molecule has 2 aliphatic rings. The standard InChI is InChI=1S/C18H25N3O2S/c1-10(2)14-18(3,4)24-17-13(16(23)21(14)17)20-15(22)12(19)11-8-6-5-7-9-11/h5-10,12-14,17H,19H2,1-4H3,(H,20,22). The number of hydrogen-bond acceptors (Lipinski definition) is 4. The first-order valence-corrected chi connectivity index (χ1v) is 9.23. The lowest BCUT2D eigenvalue weighted by molar-refractivity contribution is -0.152. The van der Waals surface area contributed by atoms with Gasteiger partial charge in [-0.1, -0.05) is 44.2 Å². The van der Waals surface area contributed by atoms with Crippen molar-refractivity contribution in [3.8, 4) is 0 Å². The molecule has 4 atom stereocenters. The number of nitrogens with two attached hydrogens (primary N) is 1. The van der Waals surface area contributed by atoms with Crippen LogP contribution in [-0.4, -0.2) is 38.9 Å². The minimum absolute atomic E-state index is 0.00499. The molecule has 0 radical (unpaired) electrons. The van der Waals surface area contributed by atoms with Crippen LogP contribution in [0.4, 0.5) is 0 Å². The predicted molar refractivity (Wildman–Crippen MR) is 96.2 cm³/mol. The van der Waals surface area contributed by atoms with Crippen LogP contribution in [0, 0.1) is 5.92 Å². The summed E-state index contributed by atoms with van der Waals surface area (Å²) in [6.07, 6.45) is 0. The molecule has 3 N–H and O–H groups in total. The zero-order valence-electron chi connectivity index (χ0n) is 14.5. The number of β-lactam (4-membered cyclic amide) rings is 1. The number of carbonyl (C=O) groups excluding carboxylic acids is 2. The van der Waals surface area contributed by atoms with E-state index < -0.39 is 12.1 Å². The first kappa shape index (κ1) is 17.3. The van der Waals surface area contributed by atoms with Crippen molar-refractivity contribution in [1.82, 2.24) is 10.2 Å². The fourth-order valence-corrected chi connectivity index (χ4v) is 5.75. The van der Waals surface area contributed by atoms with E-state index in [2.05, 4.69) is 33.0 Å². The maximum atomic E-state index is 12.6. The highest BCUT2D eigenvalue weighted by molar-refractivity contribution is 8.01. The first-order chi connectivity index (χ1) is 11.2. The molecule has 1 aromatic rings. The Morgan fingerprint density at radius 3 is 2.50 bits per heavy atom. The van der Waals surface area contributed by atoms with Gasteiger partial charge in [0.05, 0.1) is 0 Å². The summed E-state index contributed by atoms with van der Waals surface area (Å²) >= 11 is 1.76. The second-order valence-corrected chi connectivity index (χ2v) is 9.19. The highest BCUT2D eigenvalue weighted by Crippen LogP contribution is 2.52. The largest absolute Gasteiger partial charge is 0.340 e. The van der Waals surface area contributed by atoms with Crippen molar-refractivity contribution in [2.75, 3.05) is 0 Å². The molecule has 1 aromatic carbocycles. The van der Waals surface area contributed by atoms with Crippen LogP contribution in [0.25, 0.3) is 0 Å². The van der Waals surface area contributed by atoms with Crippen LogP contribution in [0.1, 0.15) is 39.3 Å². The normalized spacial score (nSPS) is 29.2. The van der Waals surface area contributed by atoms with Gasteiger partial charge in [-0.15, -0.1) is 11.8 Å². The zero-order valence-corrected chi connectivity index (χ0v) is 15.3. The Kier molecular flexibility index (Phi) is 4.38. The first-order valence-electron chi connectivity index (χ1n) is 8.35. The number of thioether (sulfide) groups is 1. The third-order valence-corrected chi connectivity index (χ3v) is 6.48. The molecule has 4 unspecified atom stereocenters. The number of fused-ring (bicyclic) bond motifs is 1. The van der Waals surface area contributed by atoms with E-state index in [0.717, 1.165) is 5.56 Å². The van der Waals surface area contributed by atoms with Crippen molar-refractivity contribution in [3.63, 3.8) is 0 Å². The van der Waals surface area contributed by atoms with E-state index >= 15 is 0 Å². The Morgan fingerprint density at radius 2 is 1.92 bits per heavy atom. The van der Waals surface area contributed by atoms with E-state index in [-0.39, 0.29) is 28.0 Å². The van der Waals surface area contributed by atoms with E-state index in [4.69, 9.17) is 5.73 Å². The van der Waals surface area contributed by atoms with E-state index in [1.807, 2.05) is 35.2 Å². The molecule has 0 bridgehead atoms. The molecule has 0 spiro atoms. The van der Waals surface area contributed by atoms with Crippen molar-refractivity contribution >= 4 is 23.6 Å². The number of carbonyl (C=O) groups is 2. The molecule has 0 aromatic heterocycles. The van der Waals surface area contributed by atoms with Crippen LogP contribution in [-0.2, 0) is 9.59 Å². The maximum Gasteiger partial charge on any atom is 0.249 e. The monoisotopic (exact) mass is 347 g/mol. The summed E-state index contributed by atoms with van der Waals surface area (Å²) in [5.74, 6) is 0.0840. The molecular weight excluding hydrogens is 322 g/mol. The van der Waals surface area contributed by atoms with Gasteiger partial charge in [-0.3, -0.25) is 9.59 Å². The van der Waals surface area contributed by atoms with E-state index in [1.165, 1.54) is 0 Å². The second kappa shape index (κ2) is 6.08. The molecule has 5 nitrogen and oxygen atoms in total. The molecule has 3 rings (SSSR count). The van der Waals surface area contributed by atoms with Gasteiger partial charge in [0.1, 0.15) is 17.5 Å². The third kappa shape index (κ3) is 2.71. The van der Waals surface area contributed by atoms with Crippen molar-refractivity contribution in [3.05, 3.63) is 35.9 Å². The van der Waals surface area contributed by atoms with Gasteiger partial charge in [-0.2, -0.15) is 0 Å². The van der Waals surface area contributed by atoms with Crippen molar-refractivity contribution in [1.29, 1.82) is 0 Å². The van der Waals surface area contributed by atoms with Gasteiger partial charge in [0, 0.05) is 10.8 Å². The van der Waals surface area contributed by atoms with Crippen LogP contribution in [0.5, 0.6) is 0 Å². The minimum Gasteiger partial charge on any atom is -0.340 e. The van der Waals surface area contributed by atoms with Crippen LogP contribution in [0.15, 0.2) is 30.3 Å². The van der Waals surface area contributed by atoms with Gasteiger partial charge in [0.15, 0.2) is 0 Å². The van der Waals surface area contributed by atoms with E-state index in [9.17, 15) is 9.59 Å². The second-order valence-electron chi connectivity index (χ2n) is 7.42. The maximum absolute atomic E-state index is 12.6. The summed E-state index contributed by atoms with van der Waals surface area (Å²) in [5, 5.41) is 2.86. The summed E-state index contributed by atoms with van der Waals surface area (Å²) < 4.78 is -0.0183. The van der Waals surface area contributed by atoms with Gasteiger partial charge < -0.3 is 16.0 Å². The molecular formula is C18H25N3O2S. The van der Waals surface area contributed by atoms with Crippen molar-refractivity contribution < 1.29 is 9.59 Å². The average Bonchev–Trinajstić information content (AvgIpc) is 2.80. The Hall–Kier alpha value is -1.53. The number of nitrogens with one attached hydrogen (secondary N) is 1. The van der Waals surface area contributed by atoms with Crippen molar-refractivity contribution in [2.45, 2.75) is 55.9 Å². The van der Waals surface area contributed by atoms with Crippen LogP contribution < -0.4 is 11.1 Å². The fraction of sp³-hybridized carbons (Fsp3) is 0.556. The molecule has 2 fully saturated rings. The van der Waals surface area contributed by atoms with Gasteiger partial charge in [0.2, 0.25) is 11.8 Å². The topological polar surface area (TPSA) is 75.4 Å². The van der Waals surface area contributed by atoms with Crippen molar-refractivity contribution in [2.24, 2.45) is 11.7 Å². The SMILES string of the molecule is CC(C)C1N2C(=O)C(NC(=O)C(N)c3ccccc3)C2SC1(C)C. The summed E-state index contributed by atoms with van der Waals surface area (Å²) in [5.41, 5.74) is 6.78.